The van der Waals surface area contributed by atoms with Crippen molar-refractivity contribution in [2.24, 2.45) is 5.73 Å². The molecule has 19 heavy (non-hydrogen) atoms. The summed E-state index contributed by atoms with van der Waals surface area (Å²) in [6.07, 6.45) is 3.00. The summed E-state index contributed by atoms with van der Waals surface area (Å²) in [7, 11) is 0. The third-order valence-corrected chi connectivity index (χ3v) is 2.99. The molecule has 0 saturated heterocycles. The first kappa shape index (κ1) is 13.0. The van der Waals surface area contributed by atoms with E-state index in [1.165, 1.54) is 12.4 Å². The van der Waals surface area contributed by atoms with E-state index in [1.807, 2.05) is 32.9 Å². The maximum absolute atomic E-state index is 7.49. The number of rotatable bonds is 3. The van der Waals surface area contributed by atoms with Crippen LogP contribution < -0.4 is 10.5 Å². The second-order valence-electron chi connectivity index (χ2n) is 4.38. The normalized spacial score (nSPS) is 10.3. The van der Waals surface area contributed by atoms with Gasteiger partial charge in [0.25, 0.3) is 0 Å². The largest absolute Gasteiger partial charge is 0.436 e. The molecule has 2 aromatic rings. The number of hydrogen-bond acceptors (Lipinski definition) is 4. The first-order valence-corrected chi connectivity index (χ1v) is 5.90. The zero-order valence-electron chi connectivity index (χ0n) is 11.2. The van der Waals surface area contributed by atoms with Crippen molar-refractivity contribution in [1.82, 2.24) is 9.97 Å². The molecule has 0 amide bonds. The van der Waals surface area contributed by atoms with E-state index in [0.717, 1.165) is 22.4 Å². The molecule has 1 aromatic heterocycles. The predicted octanol–water partition coefficient (Wildman–Crippen LogP) is 2.48. The highest BCUT2D eigenvalue weighted by Crippen LogP contribution is 2.30. The Bertz CT molecular complexity index is 637. The van der Waals surface area contributed by atoms with Crippen molar-refractivity contribution in [2.45, 2.75) is 20.8 Å². The average molecular weight is 256 g/mol. The predicted molar refractivity (Wildman–Crippen MR) is 73.8 cm³/mol. The number of hydrogen-bond donors (Lipinski definition) is 2. The lowest BCUT2D eigenvalue weighted by atomic mass is 10.1. The molecule has 98 valence electrons. The van der Waals surface area contributed by atoms with Crippen LogP contribution in [0.1, 0.15) is 22.4 Å². The van der Waals surface area contributed by atoms with Crippen molar-refractivity contribution in [1.29, 1.82) is 5.41 Å². The summed E-state index contributed by atoms with van der Waals surface area (Å²) in [6, 6.07) is 4.03. The number of nitrogen functional groups attached to an aromatic ring is 1. The standard InChI is InChI=1S/C14H16N4O/c1-8-4-5-9(2)12(10(8)3)19-14-11(13(15)16)17-6-7-18-14/h4-7H,1-3H3,(H3,15,16). The van der Waals surface area contributed by atoms with E-state index < -0.39 is 0 Å². The highest BCUT2D eigenvalue weighted by molar-refractivity contribution is 5.95. The van der Waals surface area contributed by atoms with E-state index in [2.05, 4.69) is 9.97 Å². The Balaban J connectivity index is 2.48. The van der Waals surface area contributed by atoms with Crippen molar-refractivity contribution in [3.8, 4) is 11.6 Å². The van der Waals surface area contributed by atoms with Crippen molar-refractivity contribution in [3.05, 3.63) is 46.9 Å². The topological polar surface area (TPSA) is 84.9 Å². The molecule has 1 heterocycles. The van der Waals surface area contributed by atoms with Crippen LogP contribution in [-0.4, -0.2) is 15.8 Å². The van der Waals surface area contributed by atoms with Gasteiger partial charge in [0.2, 0.25) is 5.88 Å². The molecule has 0 aliphatic heterocycles. The summed E-state index contributed by atoms with van der Waals surface area (Å²) in [5, 5.41) is 7.49. The van der Waals surface area contributed by atoms with Crippen LogP contribution in [0.2, 0.25) is 0 Å². The number of aromatic nitrogens is 2. The molecule has 0 radical (unpaired) electrons. The smallest absolute Gasteiger partial charge is 0.249 e. The van der Waals surface area contributed by atoms with Gasteiger partial charge in [0.15, 0.2) is 5.69 Å². The molecule has 3 N–H and O–H groups in total. The van der Waals surface area contributed by atoms with Crippen LogP contribution in [0.3, 0.4) is 0 Å². The Kier molecular flexibility index (Phi) is 3.46. The highest BCUT2D eigenvalue weighted by atomic mass is 16.5. The monoisotopic (exact) mass is 256 g/mol. The number of amidine groups is 1. The number of nitrogens with one attached hydrogen (secondary N) is 1. The summed E-state index contributed by atoms with van der Waals surface area (Å²) in [5.41, 5.74) is 8.91. The fraction of sp³-hybridized carbons (Fsp3) is 0.214. The van der Waals surface area contributed by atoms with Crippen LogP contribution in [0, 0.1) is 26.2 Å². The lowest BCUT2D eigenvalue weighted by molar-refractivity contribution is 0.451. The Morgan fingerprint density at radius 3 is 2.42 bits per heavy atom. The number of aryl methyl sites for hydroxylation is 2. The lowest BCUT2D eigenvalue weighted by Crippen LogP contribution is -2.15. The molecule has 0 aliphatic carbocycles. The maximum Gasteiger partial charge on any atom is 0.249 e. The Labute approximate surface area is 112 Å². The van der Waals surface area contributed by atoms with Gasteiger partial charge in [0.05, 0.1) is 0 Å². The van der Waals surface area contributed by atoms with Gasteiger partial charge in [-0.2, -0.15) is 0 Å². The SMILES string of the molecule is Cc1ccc(C)c(Oc2nccnc2C(=N)N)c1C. The average Bonchev–Trinajstić information content (AvgIpc) is 2.39. The first-order valence-electron chi connectivity index (χ1n) is 5.90. The zero-order valence-corrected chi connectivity index (χ0v) is 11.2. The third-order valence-electron chi connectivity index (χ3n) is 2.99. The minimum atomic E-state index is -0.161. The van der Waals surface area contributed by atoms with Gasteiger partial charge in [-0.25, -0.2) is 9.97 Å². The molecule has 0 fully saturated rings. The summed E-state index contributed by atoms with van der Waals surface area (Å²) < 4.78 is 5.82. The maximum atomic E-state index is 7.49. The van der Waals surface area contributed by atoms with Crippen LogP contribution in [-0.2, 0) is 0 Å². The van der Waals surface area contributed by atoms with Gasteiger partial charge < -0.3 is 10.5 Å². The zero-order chi connectivity index (χ0) is 14.0. The van der Waals surface area contributed by atoms with Crippen LogP contribution in [0.15, 0.2) is 24.5 Å². The van der Waals surface area contributed by atoms with E-state index in [0.29, 0.717) is 0 Å². The quantitative estimate of drug-likeness (QED) is 0.652. The molecular formula is C14H16N4O. The van der Waals surface area contributed by atoms with Gasteiger partial charge in [-0.15, -0.1) is 0 Å². The Morgan fingerprint density at radius 1 is 1.11 bits per heavy atom. The lowest BCUT2D eigenvalue weighted by Gasteiger charge is -2.14. The molecule has 2 rings (SSSR count). The van der Waals surface area contributed by atoms with Crippen LogP contribution in [0.25, 0.3) is 0 Å². The third kappa shape index (κ3) is 2.54. The van der Waals surface area contributed by atoms with Gasteiger partial charge in [-0.05, 0) is 37.5 Å². The molecule has 0 spiro atoms. The van der Waals surface area contributed by atoms with E-state index in [1.54, 1.807) is 0 Å². The molecule has 0 unspecified atom stereocenters. The fourth-order valence-electron chi connectivity index (χ4n) is 1.76. The summed E-state index contributed by atoms with van der Waals surface area (Å²) in [6.45, 7) is 5.97. The minimum Gasteiger partial charge on any atom is -0.436 e. The fourth-order valence-corrected chi connectivity index (χ4v) is 1.76. The van der Waals surface area contributed by atoms with Crippen molar-refractivity contribution < 1.29 is 4.74 Å². The first-order chi connectivity index (χ1) is 9.00. The van der Waals surface area contributed by atoms with Crippen LogP contribution in [0.5, 0.6) is 11.6 Å². The molecule has 5 heteroatoms. The summed E-state index contributed by atoms with van der Waals surface area (Å²) in [4.78, 5) is 8.12. The number of nitrogens with two attached hydrogens (primary N) is 1. The molecular weight excluding hydrogens is 240 g/mol. The second-order valence-corrected chi connectivity index (χ2v) is 4.38. The number of nitrogens with zero attached hydrogens (tertiary/aromatic N) is 2. The Hall–Kier alpha value is -2.43. The van der Waals surface area contributed by atoms with Gasteiger partial charge in [-0.3, -0.25) is 5.41 Å². The summed E-state index contributed by atoms with van der Waals surface area (Å²) >= 11 is 0. The van der Waals surface area contributed by atoms with Crippen LogP contribution >= 0.6 is 0 Å². The van der Waals surface area contributed by atoms with Crippen molar-refractivity contribution >= 4 is 5.84 Å². The summed E-state index contributed by atoms with van der Waals surface area (Å²) in [5.74, 6) is 0.834. The van der Waals surface area contributed by atoms with Crippen LogP contribution in [0.4, 0.5) is 0 Å². The molecule has 0 saturated carbocycles. The van der Waals surface area contributed by atoms with E-state index >= 15 is 0 Å². The molecule has 1 aromatic carbocycles. The van der Waals surface area contributed by atoms with E-state index in [9.17, 15) is 0 Å². The van der Waals surface area contributed by atoms with Crippen molar-refractivity contribution in [2.75, 3.05) is 0 Å². The van der Waals surface area contributed by atoms with Crippen molar-refractivity contribution in [3.63, 3.8) is 0 Å². The van der Waals surface area contributed by atoms with Gasteiger partial charge in [0.1, 0.15) is 11.6 Å². The Morgan fingerprint density at radius 2 is 1.74 bits per heavy atom. The molecule has 0 atom stereocenters. The number of benzene rings is 1. The molecule has 5 nitrogen and oxygen atoms in total. The highest BCUT2D eigenvalue weighted by Gasteiger charge is 2.14. The van der Waals surface area contributed by atoms with E-state index in [-0.39, 0.29) is 17.4 Å². The van der Waals surface area contributed by atoms with Gasteiger partial charge in [0, 0.05) is 12.4 Å². The molecule has 0 aliphatic rings. The number of ether oxygens (including phenoxy) is 1. The van der Waals surface area contributed by atoms with E-state index in [4.69, 9.17) is 15.9 Å². The van der Waals surface area contributed by atoms with Gasteiger partial charge >= 0.3 is 0 Å². The van der Waals surface area contributed by atoms with Gasteiger partial charge in [-0.1, -0.05) is 12.1 Å². The second kappa shape index (κ2) is 5.06. The minimum absolute atomic E-state index is 0.161. The molecule has 0 bridgehead atoms.